The van der Waals surface area contributed by atoms with Crippen LogP contribution in [0.4, 0.5) is 13.2 Å². The van der Waals surface area contributed by atoms with Crippen molar-refractivity contribution >= 4 is 5.71 Å². The minimum Gasteiger partial charge on any atom is -0.346 e. The number of hydrogen-bond acceptors (Lipinski definition) is 7. The summed E-state index contributed by atoms with van der Waals surface area (Å²) in [5, 5.41) is 24.2. The zero-order valence-corrected chi connectivity index (χ0v) is 12.8. The summed E-state index contributed by atoms with van der Waals surface area (Å²) in [6.07, 6.45) is -2.78. The van der Waals surface area contributed by atoms with Crippen LogP contribution in [-0.4, -0.2) is 71.2 Å². The molecule has 2 atom stereocenters. The molecule has 2 aliphatic heterocycles. The van der Waals surface area contributed by atoms with E-state index in [0.29, 0.717) is 26.1 Å². The first kappa shape index (κ1) is 18.1. The molecule has 132 valence electrons. The fraction of sp³-hybridized carbons (Fsp3) is 0.769. The zero-order valence-electron chi connectivity index (χ0n) is 12.8. The summed E-state index contributed by atoms with van der Waals surface area (Å²) in [6.45, 7) is 3.14. The van der Waals surface area contributed by atoms with Crippen LogP contribution >= 0.6 is 0 Å². The van der Waals surface area contributed by atoms with Gasteiger partial charge in [0.15, 0.2) is 0 Å². The summed E-state index contributed by atoms with van der Waals surface area (Å²) in [4.78, 5) is 1.93. The Hall–Kier alpha value is -1.20. The molecule has 0 aromatic heterocycles. The van der Waals surface area contributed by atoms with Gasteiger partial charge in [-0.3, -0.25) is 10.2 Å². The van der Waals surface area contributed by atoms with Gasteiger partial charge in [-0.05, 0) is 18.9 Å². The maximum atomic E-state index is 12.5. The van der Waals surface area contributed by atoms with E-state index in [9.17, 15) is 13.2 Å². The monoisotopic (exact) mass is 337 g/mol. The zero-order chi connectivity index (χ0) is 17.3. The first-order chi connectivity index (χ1) is 10.6. The van der Waals surface area contributed by atoms with Crippen molar-refractivity contribution in [1.29, 1.82) is 0 Å². The summed E-state index contributed by atoms with van der Waals surface area (Å²) >= 11 is 0. The SMILES string of the molecule is C[C@@H](N)C[C@H](CNC(O)(O)C(F)(F)F)N1CC2=CCNN=C2C1. The Balaban J connectivity index is 2.03. The Labute approximate surface area is 132 Å². The second kappa shape index (κ2) is 6.73. The van der Waals surface area contributed by atoms with Crippen molar-refractivity contribution in [2.24, 2.45) is 10.8 Å². The largest absolute Gasteiger partial charge is 0.459 e. The lowest BCUT2D eigenvalue weighted by atomic mass is 10.1. The van der Waals surface area contributed by atoms with Crippen LogP contribution in [0.15, 0.2) is 16.8 Å². The van der Waals surface area contributed by atoms with E-state index < -0.39 is 12.1 Å². The van der Waals surface area contributed by atoms with Gasteiger partial charge >= 0.3 is 12.1 Å². The first-order valence-corrected chi connectivity index (χ1v) is 7.35. The smallest absolute Gasteiger partial charge is 0.346 e. The number of alkyl halides is 3. The van der Waals surface area contributed by atoms with Crippen molar-refractivity contribution < 1.29 is 23.4 Å². The molecule has 2 rings (SSSR count). The van der Waals surface area contributed by atoms with Crippen molar-refractivity contribution in [1.82, 2.24) is 15.6 Å². The Kier molecular flexibility index (Phi) is 5.31. The molecule has 0 bridgehead atoms. The molecule has 0 aliphatic carbocycles. The Morgan fingerprint density at radius 2 is 2.13 bits per heavy atom. The number of nitrogens with one attached hydrogen (secondary N) is 2. The van der Waals surface area contributed by atoms with Crippen LogP contribution in [0.25, 0.3) is 0 Å². The molecule has 2 aliphatic rings. The number of hydrazone groups is 1. The third-order valence-electron chi connectivity index (χ3n) is 3.89. The molecule has 6 N–H and O–H groups in total. The number of nitrogens with zero attached hydrogens (tertiary/aromatic N) is 2. The highest BCUT2D eigenvalue weighted by atomic mass is 19.4. The van der Waals surface area contributed by atoms with Gasteiger partial charge < -0.3 is 21.4 Å². The van der Waals surface area contributed by atoms with Gasteiger partial charge in [-0.1, -0.05) is 6.08 Å². The van der Waals surface area contributed by atoms with Gasteiger partial charge in [0.1, 0.15) is 0 Å². The fourth-order valence-corrected chi connectivity index (χ4v) is 2.67. The molecular formula is C13H22F3N5O2. The summed E-state index contributed by atoms with van der Waals surface area (Å²) in [6, 6.07) is -0.624. The van der Waals surface area contributed by atoms with Gasteiger partial charge in [0, 0.05) is 31.7 Å². The molecule has 0 spiro atoms. The quantitative estimate of drug-likeness (QED) is 0.402. The third kappa shape index (κ3) is 4.42. The molecular weight excluding hydrogens is 315 g/mol. The predicted octanol–water partition coefficient (Wildman–Crippen LogP) is -0.916. The summed E-state index contributed by atoms with van der Waals surface area (Å²) in [5.41, 5.74) is 10.5. The molecule has 7 nitrogen and oxygen atoms in total. The molecule has 0 amide bonds. The molecule has 0 aromatic carbocycles. The van der Waals surface area contributed by atoms with Crippen LogP contribution < -0.4 is 16.5 Å². The van der Waals surface area contributed by atoms with Gasteiger partial charge in [-0.2, -0.15) is 18.3 Å². The van der Waals surface area contributed by atoms with Crippen LogP contribution in [0.3, 0.4) is 0 Å². The van der Waals surface area contributed by atoms with Crippen LogP contribution in [0.1, 0.15) is 13.3 Å². The van der Waals surface area contributed by atoms with E-state index in [1.165, 1.54) is 0 Å². The molecule has 0 radical (unpaired) electrons. The molecule has 0 saturated carbocycles. The second-order valence-electron chi connectivity index (χ2n) is 5.97. The average molecular weight is 337 g/mol. The maximum Gasteiger partial charge on any atom is 0.459 e. The molecule has 1 fully saturated rings. The van der Waals surface area contributed by atoms with Crippen molar-refractivity contribution in [2.45, 2.75) is 37.5 Å². The van der Waals surface area contributed by atoms with Crippen LogP contribution in [0.5, 0.6) is 0 Å². The van der Waals surface area contributed by atoms with E-state index in [1.807, 2.05) is 11.0 Å². The van der Waals surface area contributed by atoms with Gasteiger partial charge in [-0.15, -0.1) is 0 Å². The molecule has 0 aromatic rings. The van der Waals surface area contributed by atoms with E-state index in [-0.39, 0.29) is 18.6 Å². The lowest BCUT2D eigenvalue weighted by molar-refractivity contribution is -0.363. The van der Waals surface area contributed by atoms with Crippen LogP contribution in [0, 0.1) is 0 Å². The van der Waals surface area contributed by atoms with Crippen molar-refractivity contribution in [3.05, 3.63) is 11.6 Å². The Morgan fingerprint density at radius 1 is 1.43 bits per heavy atom. The van der Waals surface area contributed by atoms with E-state index in [0.717, 1.165) is 11.3 Å². The number of halogens is 3. The number of likely N-dealkylation sites (tertiary alicyclic amines) is 1. The Bertz CT molecular complexity index is 468. The number of aliphatic hydroxyl groups is 2. The van der Waals surface area contributed by atoms with Gasteiger partial charge in [0.25, 0.3) is 0 Å². The second-order valence-corrected chi connectivity index (χ2v) is 5.97. The highest BCUT2D eigenvalue weighted by molar-refractivity contribution is 6.04. The topological polar surface area (TPSA) is 106 Å². The van der Waals surface area contributed by atoms with E-state index in [4.69, 9.17) is 15.9 Å². The highest BCUT2D eigenvalue weighted by Gasteiger charge is 2.53. The minimum atomic E-state index is -5.18. The molecule has 2 heterocycles. The van der Waals surface area contributed by atoms with E-state index >= 15 is 0 Å². The lowest BCUT2D eigenvalue weighted by Crippen LogP contribution is -2.60. The maximum absolute atomic E-state index is 12.5. The third-order valence-corrected chi connectivity index (χ3v) is 3.89. The van der Waals surface area contributed by atoms with Crippen molar-refractivity contribution in [3.63, 3.8) is 0 Å². The van der Waals surface area contributed by atoms with Crippen LogP contribution in [-0.2, 0) is 0 Å². The normalized spacial score (nSPS) is 22.0. The van der Waals surface area contributed by atoms with Crippen molar-refractivity contribution in [2.75, 3.05) is 26.2 Å². The van der Waals surface area contributed by atoms with E-state index in [2.05, 4.69) is 10.5 Å². The van der Waals surface area contributed by atoms with E-state index in [1.54, 1.807) is 12.2 Å². The summed E-state index contributed by atoms with van der Waals surface area (Å²) < 4.78 is 37.6. The molecule has 23 heavy (non-hydrogen) atoms. The first-order valence-electron chi connectivity index (χ1n) is 7.35. The van der Waals surface area contributed by atoms with Crippen molar-refractivity contribution in [3.8, 4) is 0 Å². The minimum absolute atomic E-state index is 0.240. The number of rotatable bonds is 6. The Morgan fingerprint density at radius 3 is 2.70 bits per heavy atom. The molecule has 1 saturated heterocycles. The molecule has 0 unspecified atom stereocenters. The number of fused-ring (bicyclic) bond motifs is 1. The number of nitrogens with two attached hydrogens (primary N) is 1. The van der Waals surface area contributed by atoms with Gasteiger partial charge in [-0.25, -0.2) is 0 Å². The fourth-order valence-electron chi connectivity index (χ4n) is 2.67. The predicted molar refractivity (Wildman–Crippen MR) is 78.4 cm³/mol. The lowest BCUT2D eigenvalue weighted by Gasteiger charge is -2.32. The standard InChI is InChI=1S/C13H22F3N5O2/c1-8(17)4-10(5-18-13(22,23)12(14,15)16)21-6-9-2-3-19-20-11(9)7-21/h2,8,10,18-19,22-23H,3-7,17H2,1H3/t8-,10-/m1/s1. The molecule has 10 heteroatoms. The highest BCUT2D eigenvalue weighted by Crippen LogP contribution is 2.26. The van der Waals surface area contributed by atoms with Gasteiger partial charge in [0.2, 0.25) is 0 Å². The average Bonchev–Trinajstić information content (AvgIpc) is 2.85. The van der Waals surface area contributed by atoms with Crippen LogP contribution in [0.2, 0.25) is 0 Å². The summed E-state index contributed by atoms with van der Waals surface area (Å²) in [7, 11) is 0. The number of hydrogen-bond donors (Lipinski definition) is 5. The van der Waals surface area contributed by atoms with Gasteiger partial charge in [0.05, 0.1) is 12.3 Å². The summed E-state index contributed by atoms with van der Waals surface area (Å²) in [5.74, 6) is -3.92.